The molecule has 6 nitrogen and oxygen atoms in total. The van der Waals surface area contributed by atoms with E-state index in [0.717, 1.165) is 29.5 Å². The minimum absolute atomic E-state index is 0.0449. The van der Waals surface area contributed by atoms with Crippen LogP contribution < -0.4 is 0 Å². The lowest BCUT2D eigenvalue weighted by atomic mass is 10.00. The normalized spacial score (nSPS) is 17.2. The van der Waals surface area contributed by atoms with Crippen molar-refractivity contribution in [3.05, 3.63) is 71.3 Å². The van der Waals surface area contributed by atoms with Crippen LogP contribution in [0.5, 0.6) is 0 Å². The first-order valence-corrected chi connectivity index (χ1v) is 11.1. The number of hydrogen-bond acceptors (Lipinski definition) is 4. The topological polar surface area (TPSA) is 87.1 Å². The van der Waals surface area contributed by atoms with Gasteiger partial charge in [-0.1, -0.05) is 54.1 Å². The van der Waals surface area contributed by atoms with Crippen LogP contribution in [0.1, 0.15) is 37.4 Å². The Morgan fingerprint density at radius 3 is 2.72 bits per heavy atom. The molecule has 1 heterocycles. The Hall–Kier alpha value is -2.67. The summed E-state index contributed by atoms with van der Waals surface area (Å²) in [6.07, 6.45) is 5.52. The number of ether oxygens (including phenoxy) is 1. The highest BCUT2D eigenvalue weighted by molar-refractivity contribution is 6.30. The van der Waals surface area contributed by atoms with Gasteiger partial charge in [0.15, 0.2) is 0 Å². The second kappa shape index (κ2) is 11.8. The van der Waals surface area contributed by atoms with Crippen molar-refractivity contribution < 1.29 is 24.5 Å². The van der Waals surface area contributed by atoms with Crippen LogP contribution in [0.4, 0.5) is 0 Å². The number of nitrogens with zero attached hydrogens (tertiary/aromatic N) is 1. The highest BCUT2D eigenvalue weighted by Crippen LogP contribution is 2.26. The number of carbonyl (C=O) groups is 2. The molecule has 170 valence electrons. The Bertz CT molecular complexity index is 944. The molecule has 1 unspecified atom stereocenters. The van der Waals surface area contributed by atoms with Crippen LogP contribution in [0.2, 0.25) is 5.02 Å². The van der Waals surface area contributed by atoms with E-state index in [1.807, 2.05) is 59.5 Å². The smallest absolute Gasteiger partial charge is 0.329 e. The van der Waals surface area contributed by atoms with Crippen LogP contribution in [0, 0.1) is 0 Å². The van der Waals surface area contributed by atoms with E-state index in [1.54, 1.807) is 6.08 Å². The summed E-state index contributed by atoms with van der Waals surface area (Å²) in [5.41, 5.74) is 2.79. The van der Waals surface area contributed by atoms with Crippen molar-refractivity contribution in [1.29, 1.82) is 0 Å². The van der Waals surface area contributed by atoms with Crippen molar-refractivity contribution >= 4 is 23.5 Å². The first-order chi connectivity index (χ1) is 15.4. The second-order valence-electron chi connectivity index (χ2n) is 7.81. The van der Waals surface area contributed by atoms with Gasteiger partial charge >= 0.3 is 5.97 Å². The van der Waals surface area contributed by atoms with E-state index in [0.29, 0.717) is 31.0 Å². The number of carboxylic acids is 1. The summed E-state index contributed by atoms with van der Waals surface area (Å²) in [5, 5.41) is 19.9. The van der Waals surface area contributed by atoms with Gasteiger partial charge < -0.3 is 19.8 Å². The van der Waals surface area contributed by atoms with Crippen LogP contribution in [0.25, 0.3) is 11.1 Å². The first-order valence-electron chi connectivity index (χ1n) is 10.8. The summed E-state index contributed by atoms with van der Waals surface area (Å²) in [4.78, 5) is 24.5. The van der Waals surface area contributed by atoms with Crippen LogP contribution in [-0.2, 0) is 14.3 Å². The molecule has 0 bridgehead atoms. The Kier molecular flexibility index (Phi) is 8.85. The van der Waals surface area contributed by atoms with Crippen molar-refractivity contribution in [2.24, 2.45) is 0 Å². The molecule has 7 heteroatoms. The average molecular weight is 458 g/mol. The van der Waals surface area contributed by atoms with Gasteiger partial charge in [0.05, 0.1) is 12.1 Å². The van der Waals surface area contributed by atoms with Crippen molar-refractivity contribution in [2.75, 3.05) is 19.8 Å². The molecule has 1 aliphatic heterocycles. The lowest BCUT2D eigenvalue weighted by molar-refractivity contribution is -0.142. The molecule has 1 fully saturated rings. The highest BCUT2D eigenvalue weighted by Gasteiger charge is 2.28. The maximum absolute atomic E-state index is 12.2. The van der Waals surface area contributed by atoms with E-state index < -0.39 is 12.1 Å². The quantitative estimate of drug-likeness (QED) is 0.384. The molecular formula is C25H28ClNO5. The number of aliphatic carboxylic acids is 1. The number of carboxylic acid groups (broad SMARTS) is 1. The predicted octanol–water partition coefficient (Wildman–Crippen LogP) is 4.47. The van der Waals surface area contributed by atoms with Crippen LogP contribution >= 0.6 is 11.6 Å². The summed E-state index contributed by atoms with van der Waals surface area (Å²) in [7, 11) is 0. The van der Waals surface area contributed by atoms with Gasteiger partial charge in [0.25, 0.3) is 0 Å². The first kappa shape index (κ1) is 24.0. The molecule has 32 heavy (non-hydrogen) atoms. The predicted molar refractivity (Wildman–Crippen MR) is 123 cm³/mol. The zero-order valence-corrected chi connectivity index (χ0v) is 18.6. The Morgan fingerprint density at radius 1 is 1.19 bits per heavy atom. The molecule has 0 aliphatic carbocycles. The van der Waals surface area contributed by atoms with Gasteiger partial charge in [-0.25, -0.2) is 4.79 Å². The summed E-state index contributed by atoms with van der Waals surface area (Å²) in [5.74, 6) is -0.882. The van der Waals surface area contributed by atoms with E-state index in [1.165, 1.54) is 0 Å². The zero-order valence-electron chi connectivity index (χ0n) is 17.8. The molecule has 3 rings (SSSR count). The van der Waals surface area contributed by atoms with E-state index in [-0.39, 0.29) is 18.6 Å². The fourth-order valence-electron chi connectivity index (χ4n) is 3.78. The molecule has 2 atom stereocenters. The minimum Gasteiger partial charge on any atom is -0.480 e. The molecule has 2 aromatic carbocycles. The molecule has 2 N–H and O–H groups in total. The summed E-state index contributed by atoms with van der Waals surface area (Å²) in [6, 6.07) is 15.2. The molecular weight excluding hydrogens is 430 g/mol. The Morgan fingerprint density at radius 2 is 1.97 bits per heavy atom. The van der Waals surface area contributed by atoms with Gasteiger partial charge in [-0.3, -0.25) is 4.79 Å². The molecule has 1 saturated heterocycles. The summed E-state index contributed by atoms with van der Waals surface area (Å²) >= 11 is 5.97. The van der Waals surface area contributed by atoms with E-state index in [2.05, 4.69) is 0 Å². The number of benzene rings is 2. The highest BCUT2D eigenvalue weighted by atomic mass is 35.5. The van der Waals surface area contributed by atoms with E-state index in [9.17, 15) is 14.7 Å². The lowest BCUT2D eigenvalue weighted by Gasteiger charge is -2.22. The average Bonchev–Trinajstić information content (AvgIpc) is 3.14. The number of carbonyl (C=O) groups excluding carboxylic acids is 1. The number of halogens is 1. The SMILES string of the molecule is O=C(O)COCCCCN1C(=O)CCC1/C=C/[C@@H](O)c1cccc(-c2ccc(Cl)cc2)c1. The lowest BCUT2D eigenvalue weighted by Crippen LogP contribution is -2.32. The van der Waals surface area contributed by atoms with Crippen LogP contribution in [0.3, 0.4) is 0 Å². The third-order valence-corrected chi connectivity index (χ3v) is 5.71. The van der Waals surface area contributed by atoms with Crippen molar-refractivity contribution in [2.45, 2.75) is 37.8 Å². The molecule has 0 spiro atoms. The van der Waals surface area contributed by atoms with Crippen molar-refractivity contribution in [1.82, 2.24) is 4.90 Å². The van der Waals surface area contributed by atoms with Gasteiger partial charge in [-0.05, 0) is 54.2 Å². The monoisotopic (exact) mass is 457 g/mol. The molecule has 0 radical (unpaired) electrons. The van der Waals surface area contributed by atoms with Gasteiger partial charge in [0.1, 0.15) is 6.61 Å². The fraction of sp³-hybridized carbons (Fsp3) is 0.360. The third kappa shape index (κ3) is 6.92. The van der Waals surface area contributed by atoms with Crippen molar-refractivity contribution in [3.8, 4) is 11.1 Å². The molecule has 0 saturated carbocycles. The van der Waals surface area contributed by atoms with Gasteiger partial charge in [0.2, 0.25) is 5.91 Å². The van der Waals surface area contributed by atoms with Gasteiger partial charge in [0, 0.05) is 24.6 Å². The minimum atomic E-state index is -0.984. The maximum Gasteiger partial charge on any atom is 0.329 e. The van der Waals surface area contributed by atoms with Gasteiger partial charge in [-0.15, -0.1) is 0 Å². The molecule has 1 amide bonds. The number of aliphatic hydroxyl groups excluding tert-OH is 1. The summed E-state index contributed by atoms with van der Waals surface area (Å²) in [6.45, 7) is 0.648. The van der Waals surface area contributed by atoms with Crippen molar-refractivity contribution in [3.63, 3.8) is 0 Å². The van der Waals surface area contributed by atoms with Crippen LogP contribution in [-0.4, -0.2) is 52.8 Å². The largest absolute Gasteiger partial charge is 0.480 e. The molecule has 0 aromatic heterocycles. The number of rotatable bonds is 11. The number of likely N-dealkylation sites (tertiary alicyclic amines) is 1. The zero-order chi connectivity index (χ0) is 22.9. The number of hydrogen-bond donors (Lipinski definition) is 2. The van der Waals surface area contributed by atoms with Crippen LogP contribution in [0.15, 0.2) is 60.7 Å². The number of aliphatic hydroxyl groups is 1. The fourth-order valence-corrected chi connectivity index (χ4v) is 3.91. The summed E-state index contributed by atoms with van der Waals surface area (Å²) < 4.78 is 5.03. The standard InChI is InChI=1S/C25H28ClNO5/c26-21-8-6-18(7-9-21)19-4-3-5-20(16-19)23(28)12-10-22-11-13-24(29)27(22)14-1-2-15-32-17-25(30)31/h3-10,12,16,22-23,28H,1-2,11,13-15,17H2,(H,30,31)/b12-10+/t22?,23-/m1/s1. The Labute approximate surface area is 193 Å². The van der Waals surface area contributed by atoms with E-state index in [4.69, 9.17) is 21.4 Å². The third-order valence-electron chi connectivity index (χ3n) is 5.46. The second-order valence-corrected chi connectivity index (χ2v) is 8.25. The van der Waals surface area contributed by atoms with Gasteiger partial charge in [-0.2, -0.15) is 0 Å². The number of unbranched alkanes of at least 4 members (excludes halogenated alkanes) is 1. The molecule has 1 aliphatic rings. The van der Waals surface area contributed by atoms with E-state index >= 15 is 0 Å². The Balaban J connectivity index is 1.56. The number of amides is 1. The molecule has 2 aromatic rings. The maximum atomic E-state index is 12.2.